The summed E-state index contributed by atoms with van der Waals surface area (Å²) in [5.41, 5.74) is 7.27. The van der Waals surface area contributed by atoms with Crippen LogP contribution in [0.15, 0.2) is 24.3 Å². The lowest BCUT2D eigenvalue weighted by molar-refractivity contribution is -0.109. The number of hydrogen-bond donors (Lipinski definition) is 2. The zero-order valence-corrected chi connectivity index (χ0v) is 10.6. The average molecular weight is 269 g/mol. The van der Waals surface area contributed by atoms with Crippen LogP contribution in [-0.2, 0) is 21.4 Å². The zero-order valence-electron chi connectivity index (χ0n) is 9.74. The third-order valence-electron chi connectivity index (χ3n) is 2.81. The standard InChI is InChI=1S/C11H15N3O3S/c12-10-3-1-2-9(6-10)4-5-14-7-11(8-15)13-18(14,16)17/h1-3,6,8,11,13H,4-5,7,12H2. The van der Waals surface area contributed by atoms with E-state index in [0.717, 1.165) is 5.56 Å². The van der Waals surface area contributed by atoms with Gasteiger partial charge >= 0.3 is 0 Å². The number of aldehydes is 1. The number of carbonyl (C=O) groups excluding carboxylic acids is 1. The molecule has 1 fully saturated rings. The SMILES string of the molecule is Nc1cccc(CCN2CC(C=O)NS2(=O)=O)c1. The second-order valence-electron chi connectivity index (χ2n) is 4.22. The molecule has 1 aromatic rings. The Morgan fingerprint density at radius 2 is 2.28 bits per heavy atom. The van der Waals surface area contributed by atoms with E-state index in [2.05, 4.69) is 4.72 Å². The van der Waals surface area contributed by atoms with E-state index in [9.17, 15) is 13.2 Å². The molecule has 0 radical (unpaired) electrons. The highest BCUT2D eigenvalue weighted by Gasteiger charge is 2.34. The molecule has 18 heavy (non-hydrogen) atoms. The number of nitrogens with one attached hydrogen (secondary N) is 1. The van der Waals surface area contributed by atoms with E-state index in [1.54, 1.807) is 6.07 Å². The van der Waals surface area contributed by atoms with Gasteiger partial charge in [0.15, 0.2) is 0 Å². The lowest BCUT2D eigenvalue weighted by Crippen LogP contribution is -2.31. The molecule has 7 heteroatoms. The Labute approximate surface area is 106 Å². The van der Waals surface area contributed by atoms with Gasteiger partial charge in [-0.05, 0) is 24.1 Å². The number of anilines is 1. The van der Waals surface area contributed by atoms with Gasteiger partial charge in [-0.2, -0.15) is 17.4 Å². The molecule has 6 nitrogen and oxygen atoms in total. The van der Waals surface area contributed by atoms with Crippen molar-refractivity contribution in [1.82, 2.24) is 9.03 Å². The van der Waals surface area contributed by atoms with Crippen molar-refractivity contribution in [2.45, 2.75) is 12.5 Å². The molecule has 0 amide bonds. The molecule has 1 unspecified atom stereocenters. The smallest absolute Gasteiger partial charge is 0.280 e. The first kappa shape index (κ1) is 13.0. The number of nitrogen functional groups attached to an aromatic ring is 1. The molecule has 0 aromatic heterocycles. The van der Waals surface area contributed by atoms with Crippen molar-refractivity contribution in [2.24, 2.45) is 0 Å². The molecule has 98 valence electrons. The third-order valence-corrected chi connectivity index (χ3v) is 4.42. The minimum absolute atomic E-state index is 0.189. The summed E-state index contributed by atoms with van der Waals surface area (Å²) in [7, 11) is -3.51. The maximum Gasteiger partial charge on any atom is 0.280 e. The lowest BCUT2D eigenvalue weighted by atomic mass is 10.1. The molecule has 1 aliphatic heterocycles. The first-order chi connectivity index (χ1) is 8.51. The Morgan fingerprint density at radius 3 is 2.89 bits per heavy atom. The minimum Gasteiger partial charge on any atom is -0.399 e. The van der Waals surface area contributed by atoms with Crippen LogP contribution in [-0.4, -0.2) is 38.1 Å². The van der Waals surface area contributed by atoms with Crippen LogP contribution in [0.3, 0.4) is 0 Å². The predicted molar refractivity (Wildman–Crippen MR) is 68.0 cm³/mol. The first-order valence-electron chi connectivity index (χ1n) is 5.58. The van der Waals surface area contributed by atoms with Crippen molar-refractivity contribution < 1.29 is 13.2 Å². The Kier molecular flexibility index (Phi) is 3.65. The molecule has 1 aromatic carbocycles. The fourth-order valence-corrected chi connectivity index (χ4v) is 3.26. The van der Waals surface area contributed by atoms with Crippen LogP contribution in [0.2, 0.25) is 0 Å². The number of hydrogen-bond acceptors (Lipinski definition) is 4. The van der Waals surface area contributed by atoms with Gasteiger partial charge in [0.1, 0.15) is 6.29 Å². The van der Waals surface area contributed by atoms with Crippen molar-refractivity contribution in [3.63, 3.8) is 0 Å². The van der Waals surface area contributed by atoms with Gasteiger partial charge in [0, 0.05) is 18.8 Å². The van der Waals surface area contributed by atoms with Crippen LogP contribution in [0, 0.1) is 0 Å². The Hall–Kier alpha value is -1.44. The molecule has 1 saturated heterocycles. The predicted octanol–water partition coefficient (Wildman–Crippen LogP) is -0.471. The van der Waals surface area contributed by atoms with Gasteiger partial charge in [-0.1, -0.05) is 12.1 Å². The second kappa shape index (κ2) is 5.05. The fraction of sp³-hybridized carbons (Fsp3) is 0.364. The van der Waals surface area contributed by atoms with Crippen LogP contribution in [0.25, 0.3) is 0 Å². The summed E-state index contributed by atoms with van der Waals surface area (Å²) in [6, 6.07) is 6.67. The van der Waals surface area contributed by atoms with Crippen LogP contribution in [0.1, 0.15) is 5.56 Å². The van der Waals surface area contributed by atoms with Crippen molar-refractivity contribution >= 4 is 22.2 Å². The molecule has 3 N–H and O–H groups in total. The average Bonchev–Trinajstić information content (AvgIpc) is 2.61. The molecule has 0 spiro atoms. The van der Waals surface area contributed by atoms with Crippen LogP contribution in [0.5, 0.6) is 0 Å². The molecule has 2 rings (SSSR count). The molecule has 1 heterocycles. The maximum absolute atomic E-state index is 11.7. The van der Waals surface area contributed by atoms with Gasteiger partial charge in [0.2, 0.25) is 0 Å². The normalized spacial score (nSPS) is 23.0. The Balaban J connectivity index is 2.00. The summed E-state index contributed by atoms with van der Waals surface area (Å²) in [5, 5.41) is 0. The van der Waals surface area contributed by atoms with Gasteiger partial charge in [-0.15, -0.1) is 0 Å². The van der Waals surface area contributed by atoms with Gasteiger partial charge in [-0.3, -0.25) is 0 Å². The Bertz CT molecular complexity index is 544. The van der Waals surface area contributed by atoms with Crippen molar-refractivity contribution in [3.8, 4) is 0 Å². The van der Waals surface area contributed by atoms with Gasteiger partial charge in [0.25, 0.3) is 10.2 Å². The molecule has 0 aliphatic carbocycles. The lowest BCUT2D eigenvalue weighted by Gasteiger charge is -2.13. The Morgan fingerprint density at radius 1 is 1.50 bits per heavy atom. The van der Waals surface area contributed by atoms with Crippen LogP contribution < -0.4 is 10.5 Å². The topological polar surface area (TPSA) is 92.5 Å². The van der Waals surface area contributed by atoms with E-state index in [1.165, 1.54) is 4.31 Å². The van der Waals surface area contributed by atoms with E-state index < -0.39 is 16.3 Å². The van der Waals surface area contributed by atoms with E-state index in [0.29, 0.717) is 24.9 Å². The van der Waals surface area contributed by atoms with E-state index in [-0.39, 0.29) is 6.54 Å². The van der Waals surface area contributed by atoms with Gasteiger partial charge < -0.3 is 10.5 Å². The second-order valence-corrected chi connectivity index (χ2v) is 5.92. The number of benzene rings is 1. The largest absolute Gasteiger partial charge is 0.399 e. The van der Waals surface area contributed by atoms with Gasteiger partial charge in [0.05, 0.1) is 6.04 Å². The molecule has 1 aliphatic rings. The fourth-order valence-electron chi connectivity index (χ4n) is 1.91. The summed E-state index contributed by atoms with van der Waals surface area (Å²) in [5.74, 6) is 0. The molecular weight excluding hydrogens is 254 g/mol. The summed E-state index contributed by atoms with van der Waals surface area (Å²) >= 11 is 0. The molecular formula is C11H15N3O3S. The van der Waals surface area contributed by atoms with E-state index in [1.807, 2.05) is 18.2 Å². The van der Waals surface area contributed by atoms with Crippen molar-refractivity contribution in [1.29, 1.82) is 0 Å². The highest BCUT2D eigenvalue weighted by atomic mass is 32.2. The first-order valence-corrected chi connectivity index (χ1v) is 7.02. The summed E-state index contributed by atoms with van der Waals surface area (Å²) in [6.07, 6.45) is 1.18. The molecule has 1 atom stereocenters. The number of nitrogens with two attached hydrogens (primary N) is 1. The van der Waals surface area contributed by atoms with E-state index in [4.69, 9.17) is 5.73 Å². The van der Waals surface area contributed by atoms with Gasteiger partial charge in [-0.25, -0.2) is 0 Å². The number of rotatable bonds is 4. The van der Waals surface area contributed by atoms with Crippen LogP contribution in [0.4, 0.5) is 5.69 Å². The maximum atomic E-state index is 11.7. The third kappa shape index (κ3) is 2.87. The molecule has 0 saturated carbocycles. The number of carbonyl (C=O) groups is 1. The number of nitrogens with zero attached hydrogens (tertiary/aromatic N) is 1. The quantitative estimate of drug-likeness (QED) is 0.571. The monoisotopic (exact) mass is 269 g/mol. The highest BCUT2D eigenvalue weighted by molar-refractivity contribution is 7.87. The summed E-state index contributed by atoms with van der Waals surface area (Å²) in [4.78, 5) is 10.6. The summed E-state index contributed by atoms with van der Waals surface area (Å²) < 4.78 is 26.9. The van der Waals surface area contributed by atoms with Crippen molar-refractivity contribution in [2.75, 3.05) is 18.8 Å². The van der Waals surface area contributed by atoms with Crippen molar-refractivity contribution in [3.05, 3.63) is 29.8 Å². The zero-order chi connectivity index (χ0) is 13.2. The minimum atomic E-state index is -3.51. The summed E-state index contributed by atoms with van der Waals surface area (Å²) in [6.45, 7) is 0.525. The van der Waals surface area contributed by atoms with Crippen LogP contribution >= 0.6 is 0 Å². The van der Waals surface area contributed by atoms with E-state index >= 15 is 0 Å². The molecule has 0 bridgehead atoms. The highest BCUT2D eigenvalue weighted by Crippen LogP contribution is 2.12.